The topological polar surface area (TPSA) is 106 Å². The van der Waals surface area contributed by atoms with E-state index >= 15 is 0 Å². The van der Waals surface area contributed by atoms with E-state index in [0.29, 0.717) is 30.0 Å². The Labute approximate surface area is 185 Å². The number of para-hydroxylation sites is 1. The molecule has 8 nitrogen and oxygen atoms in total. The lowest BCUT2D eigenvalue weighted by molar-refractivity contribution is -0.116. The van der Waals surface area contributed by atoms with Gasteiger partial charge in [-0.3, -0.25) is 19.6 Å². The van der Waals surface area contributed by atoms with Crippen LogP contribution >= 0.6 is 0 Å². The van der Waals surface area contributed by atoms with Crippen molar-refractivity contribution in [2.45, 2.75) is 47.5 Å². The second-order valence-corrected chi connectivity index (χ2v) is 8.04. The SMILES string of the molecule is Cc1cc(NC(=O)CCc2c(C)nn(-c3nc(C)c(C)c(=O)[nH]3)c2C)c2ccccc2n1. The number of H-pyrrole nitrogens is 1. The van der Waals surface area contributed by atoms with Crippen LogP contribution in [0.15, 0.2) is 35.1 Å². The Hall–Kier alpha value is -3.81. The molecule has 1 amide bonds. The molecule has 1 aromatic carbocycles. The van der Waals surface area contributed by atoms with Crippen LogP contribution in [0.4, 0.5) is 5.69 Å². The number of aromatic nitrogens is 5. The first kappa shape index (κ1) is 21.4. The highest BCUT2D eigenvalue weighted by molar-refractivity contribution is 6.01. The van der Waals surface area contributed by atoms with Gasteiger partial charge in [-0.05, 0) is 58.7 Å². The van der Waals surface area contributed by atoms with Gasteiger partial charge in [-0.2, -0.15) is 5.10 Å². The van der Waals surface area contributed by atoms with Crippen LogP contribution < -0.4 is 10.9 Å². The van der Waals surface area contributed by atoms with Gasteiger partial charge in [-0.15, -0.1) is 0 Å². The summed E-state index contributed by atoms with van der Waals surface area (Å²) in [5, 5.41) is 8.49. The third-order valence-electron chi connectivity index (χ3n) is 5.74. The molecule has 3 heterocycles. The lowest BCUT2D eigenvalue weighted by Gasteiger charge is -2.10. The number of aromatic amines is 1. The van der Waals surface area contributed by atoms with Crippen LogP contribution in [0.5, 0.6) is 0 Å². The molecule has 0 aliphatic carbocycles. The summed E-state index contributed by atoms with van der Waals surface area (Å²) in [7, 11) is 0. The predicted molar refractivity (Wildman–Crippen MR) is 124 cm³/mol. The number of nitrogens with zero attached hydrogens (tertiary/aromatic N) is 4. The minimum absolute atomic E-state index is 0.0787. The van der Waals surface area contributed by atoms with Crippen LogP contribution in [0, 0.1) is 34.6 Å². The fraction of sp³-hybridized carbons (Fsp3) is 0.292. The van der Waals surface area contributed by atoms with E-state index in [2.05, 4.69) is 25.4 Å². The normalized spacial score (nSPS) is 11.2. The van der Waals surface area contributed by atoms with Gasteiger partial charge in [0.25, 0.3) is 5.56 Å². The third kappa shape index (κ3) is 4.03. The van der Waals surface area contributed by atoms with Crippen LogP contribution in [0.3, 0.4) is 0 Å². The van der Waals surface area contributed by atoms with E-state index < -0.39 is 0 Å². The number of anilines is 1. The molecule has 0 unspecified atom stereocenters. The van der Waals surface area contributed by atoms with Gasteiger partial charge < -0.3 is 5.32 Å². The maximum atomic E-state index is 12.7. The maximum absolute atomic E-state index is 12.7. The van der Waals surface area contributed by atoms with Crippen LogP contribution in [-0.4, -0.2) is 30.6 Å². The molecular formula is C24H26N6O2. The molecule has 3 aromatic heterocycles. The third-order valence-corrected chi connectivity index (χ3v) is 5.74. The minimum atomic E-state index is -0.180. The summed E-state index contributed by atoms with van der Waals surface area (Å²) in [5.74, 6) is 0.304. The second kappa shape index (κ2) is 8.37. The Balaban J connectivity index is 1.54. The number of rotatable bonds is 5. The first-order valence-corrected chi connectivity index (χ1v) is 10.5. The first-order valence-electron chi connectivity index (χ1n) is 10.5. The molecule has 0 saturated heterocycles. The highest BCUT2D eigenvalue weighted by Gasteiger charge is 2.17. The summed E-state index contributed by atoms with van der Waals surface area (Å²) in [4.78, 5) is 36.7. The number of carbonyl (C=O) groups is 1. The summed E-state index contributed by atoms with van der Waals surface area (Å²) in [6, 6.07) is 9.64. The smallest absolute Gasteiger partial charge is 0.255 e. The summed E-state index contributed by atoms with van der Waals surface area (Å²) in [6.07, 6.45) is 0.834. The summed E-state index contributed by atoms with van der Waals surface area (Å²) in [6.45, 7) is 9.27. The van der Waals surface area contributed by atoms with Gasteiger partial charge >= 0.3 is 0 Å². The van der Waals surface area contributed by atoms with Gasteiger partial charge in [-0.25, -0.2) is 9.67 Å². The standard InChI is InChI=1S/C24H26N6O2/c1-13-12-21(19-8-6-7-9-20(19)25-13)27-22(31)11-10-18-16(4)29-30(17(18)5)24-26-15(3)14(2)23(32)28-24/h6-9,12H,10-11H2,1-5H3,(H,25,27,31)(H,26,28,32). The fourth-order valence-electron chi connectivity index (χ4n) is 3.84. The highest BCUT2D eigenvalue weighted by Crippen LogP contribution is 2.24. The van der Waals surface area contributed by atoms with Crippen LogP contribution in [0.1, 0.15) is 40.3 Å². The van der Waals surface area contributed by atoms with Gasteiger partial charge in [0.05, 0.1) is 16.9 Å². The van der Waals surface area contributed by atoms with Crippen molar-refractivity contribution in [3.63, 3.8) is 0 Å². The van der Waals surface area contributed by atoms with Crippen molar-refractivity contribution < 1.29 is 4.79 Å². The number of hydrogen-bond acceptors (Lipinski definition) is 5. The van der Waals surface area contributed by atoms with E-state index in [1.54, 1.807) is 18.5 Å². The number of aryl methyl sites for hydroxylation is 3. The Kier molecular flexibility index (Phi) is 5.61. The van der Waals surface area contributed by atoms with Crippen LogP contribution in [-0.2, 0) is 11.2 Å². The number of nitrogens with one attached hydrogen (secondary N) is 2. The van der Waals surface area contributed by atoms with Crippen LogP contribution in [0.2, 0.25) is 0 Å². The van der Waals surface area contributed by atoms with Crippen LogP contribution in [0.25, 0.3) is 16.9 Å². The summed E-state index contributed by atoms with van der Waals surface area (Å²) in [5.41, 5.74) is 6.17. The number of pyridine rings is 1. The van der Waals surface area contributed by atoms with Gasteiger partial charge in [0.15, 0.2) is 0 Å². The van der Waals surface area contributed by atoms with E-state index in [1.165, 1.54) is 0 Å². The fourth-order valence-corrected chi connectivity index (χ4v) is 3.84. The maximum Gasteiger partial charge on any atom is 0.255 e. The van der Waals surface area contributed by atoms with Crippen molar-refractivity contribution >= 4 is 22.5 Å². The molecule has 0 spiro atoms. The molecule has 8 heteroatoms. The van der Waals surface area contributed by atoms with Gasteiger partial charge in [0, 0.05) is 34.5 Å². The molecule has 0 aliphatic heterocycles. The average Bonchev–Trinajstić information content (AvgIpc) is 3.03. The lowest BCUT2D eigenvalue weighted by atomic mass is 10.1. The Morgan fingerprint density at radius 3 is 2.56 bits per heavy atom. The number of hydrogen-bond donors (Lipinski definition) is 2. The summed E-state index contributed by atoms with van der Waals surface area (Å²) < 4.78 is 1.64. The number of amides is 1. The number of fused-ring (bicyclic) bond motifs is 1. The van der Waals surface area contributed by atoms with Crippen molar-refractivity contribution in [3.8, 4) is 5.95 Å². The lowest BCUT2D eigenvalue weighted by Crippen LogP contribution is -2.18. The van der Waals surface area contributed by atoms with Gasteiger partial charge in [-0.1, -0.05) is 18.2 Å². The van der Waals surface area contributed by atoms with Gasteiger partial charge in [0.1, 0.15) is 0 Å². The zero-order chi connectivity index (χ0) is 23.0. The average molecular weight is 431 g/mol. The molecular weight excluding hydrogens is 404 g/mol. The molecule has 4 rings (SSSR count). The molecule has 0 radical (unpaired) electrons. The minimum Gasteiger partial charge on any atom is -0.325 e. The monoisotopic (exact) mass is 430 g/mol. The number of carbonyl (C=O) groups excluding carboxylic acids is 1. The zero-order valence-corrected chi connectivity index (χ0v) is 18.9. The van der Waals surface area contributed by atoms with E-state index in [1.807, 2.05) is 51.1 Å². The van der Waals surface area contributed by atoms with Gasteiger partial charge in [0.2, 0.25) is 11.9 Å². The van der Waals surface area contributed by atoms with Crippen molar-refractivity contribution in [2.75, 3.05) is 5.32 Å². The molecule has 0 saturated carbocycles. The molecule has 0 fully saturated rings. The molecule has 0 bridgehead atoms. The Morgan fingerprint density at radius 1 is 1.06 bits per heavy atom. The van der Waals surface area contributed by atoms with E-state index in [-0.39, 0.29) is 11.5 Å². The number of benzene rings is 1. The van der Waals surface area contributed by atoms with E-state index in [4.69, 9.17) is 0 Å². The predicted octanol–water partition coefficient (Wildman–Crippen LogP) is 3.62. The molecule has 0 aliphatic rings. The quantitative estimate of drug-likeness (QED) is 0.503. The molecule has 0 atom stereocenters. The summed E-state index contributed by atoms with van der Waals surface area (Å²) >= 11 is 0. The van der Waals surface area contributed by atoms with E-state index in [0.717, 1.165) is 39.2 Å². The largest absolute Gasteiger partial charge is 0.325 e. The zero-order valence-electron chi connectivity index (χ0n) is 18.9. The molecule has 2 N–H and O–H groups in total. The molecule has 4 aromatic rings. The molecule has 32 heavy (non-hydrogen) atoms. The Bertz CT molecular complexity index is 1400. The van der Waals surface area contributed by atoms with Crippen molar-refractivity contribution in [1.29, 1.82) is 0 Å². The Morgan fingerprint density at radius 2 is 1.81 bits per heavy atom. The van der Waals surface area contributed by atoms with Crippen molar-refractivity contribution in [1.82, 2.24) is 24.7 Å². The molecule has 164 valence electrons. The second-order valence-electron chi connectivity index (χ2n) is 8.04. The van der Waals surface area contributed by atoms with Crippen molar-refractivity contribution in [2.24, 2.45) is 0 Å². The highest BCUT2D eigenvalue weighted by atomic mass is 16.1. The van der Waals surface area contributed by atoms with Crippen molar-refractivity contribution in [3.05, 3.63) is 74.6 Å². The van der Waals surface area contributed by atoms with E-state index in [9.17, 15) is 9.59 Å². The first-order chi connectivity index (χ1) is 15.2.